The lowest BCUT2D eigenvalue weighted by molar-refractivity contribution is 0.139. The van der Waals surface area contributed by atoms with Gasteiger partial charge in [-0.25, -0.2) is 15.0 Å². The van der Waals surface area contributed by atoms with Gasteiger partial charge in [0.15, 0.2) is 11.3 Å². The summed E-state index contributed by atoms with van der Waals surface area (Å²) in [6, 6.07) is 0. The van der Waals surface area contributed by atoms with Gasteiger partial charge in [-0.05, 0) is 13.8 Å². The molecule has 2 heterocycles. The fourth-order valence-corrected chi connectivity index (χ4v) is 1.40. The Morgan fingerprint density at radius 2 is 2.27 bits per heavy atom. The van der Waals surface area contributed by atoms with Crippen molar-refractivity contribution in [2.45, 2.75) is 20.4 Å². The van der Waals surface area contributed by atoms with Gasteiger partial charge in [-0.3, -0.25) is 0 Å². The monoisotopic (exact) mass is 206 g/mol. The third-order valence-corrected chi connectivity index (χ3v) is 2.13. The number of aromatic nitrogens is 4. The van der Waals surface area contributed by atoms with Crippen LogP contribution in [0.15, 0.2) is 12.5 Å². The van der Waals surface area contributed by atoms with Gasteiger partial charge in [-0.15, -0.1) is 0 Å². The molecule has 5 nitrogen and oxygen atoms in total. The molecule has 0 N–H and O–H groups in total. The van der Waals surface area contributed by atoms with Gasteiger partial charge in [0.1, 0.15) is 0 Å². The number of hydrogen-bond acceptors (Lipinski definition) is 4. The molecule has 0 radical (unpaired) electrons. The maximum atomic E-state index is 5.28. The lowest BCUT2D eigenvalue weighted by Gasteiger charge is -2.02. The topological polar surface area (TPSA) is 52.8 Å². The van der Waals surface area contributed by atoms with E-state index in [2.05, 4.69) is 15.0 Å². The number of imidazole rings is 1. The normalized spacial score (nSPS) is 11.1. The predicted molar refractivity (Wildman–Crippen MR) is 56.6 cm³/mol. The molecule has 5 heteroatoms. The number of nitrogens with zero attached hydrogens (tertiary/aromatic N) is 4. The molecule has 0 aliphatic rings. The zero-order chi connectivity index (χ0) is 10.7. The SMILES string of the molecule is CCOCCn1cnc2nc(C)cnc21. The predicted octanol–water partition coefficient (Wildman–Crippen LogP) is 1.17. The Balaban J connectivity index is 2.21. The Hall–Kier alpha value is -1.49. The van der Waals surface area contributed by atoms with Crippen molar-refractivity contribution in [3.05, 3.63) is 18.2 Å². The Morgan fingerprint density at radius 1 is 1.40 bits per heavy atom. The number of ether oxygens (including phenoxy) is 1. The zero-order valence-corrected chi connectivity index (χ0v) is 8.97. The summed E-state index contributed by atoms with van der Waals surface area (Å²) < 4.78 is 7.24. The lowest BCUT2D eigenvalue weighted by Crippen LogP contribution is -2.05. The van der Waals surface area contributed by atoms with Gasteiger partial charge in [-0.2, -0.15) is 0 Å². The Labute approximate surface area is 88.1 Å². The van der Waals surface area contributed by atoms with Crippen LogP contribution in [0.2, 0.25) is 0 Å². The number of rotatable bonds is 4. The lowest BCUT2D eigenvalue weighted by atomic mass is 10.5. The highest BCUT2D eigenvalue weighted by Gasteiger charge is 2.04. The van der Waals surface area contributed by atoms with Crippen molar-refractivity contribution in [1.82, 2.24) is 19.5 Å². The van der Waals surface area contributed by atoms with E-state index in [-0.39, 0.29) is 0 Å². The van der Waals surface area contributed by atoms with E-state index in [1.807, 2.05) is 18.4 Å². The molecule has 2 aromatic heterocycles. The number of aryl methyl sites for hydroxylation is 1. The summed E-state index contributed by atoms with van der Waals surface area (Å²) in [5.41, 5.74) is 2.41. The molecule has 80 valence electrons. The second kappa shape index (κ2) is 4.35. The van der Waals surface area contributed by atoms with Gasteiger partial charge >= 0.3 is 0 Å². The largest absolute Gasteiger partial charge is 0.380 e. The zero-order valence-electron chi connectivity index (χ0n) is 8.97. The summed E-state index contributed by atoms with van der Waals surface area (Å²) >= 11 is 0. The van der Waals surface area contributed by atoms with Crippen LogP contribution in [0, 0.1) is 6.92 Å². The van der Waals surface area contributed by atoms with Crippen LogP contribution in [-0.4, -0.2) is 32.7 Å². The fourth-order valence-electron chi connectivity index (χ4n) is 1.40. The Bertz CT molecular complexity index is 452. The minimum atomic E-state index is 0.678. The highest BCUT2D eigenvalue weighted by Crippen LogP contribution is 2.07. The average Bonchev–Trinajstić information content (AvgIpc) is 2.61. The van der Waals surface area contributed by atoms with Crippen LogP contribution in [0.1, 0.15) is 12.6 Å². The highest BCUT2D eigenvalue weighted by molar-refractivity contribution is 5.65. The third kappa shape index (κ3) is 2.12. The Morgan fingerprint density at radius 3 is 3.07 bits per heavy atom. The van der Waals surface area contributed by atoms with Crippen LogP contribution in [0.4, 0.5) is 0 Å². The van der Waals surface area contributed by atoms with Crippen molar-refractivity contribution >= 4 is 11.3 Å². The van der Waals surface area contributed by atoms with E-state index < -0.39 is 0 Å². The van der Waals surface area contributed by atoms with E-state index >= 15 is 0 Å². The van der Waals surface area contributed by atoms with Crippen molar-refractivity contribution in [2.24, 2.45) is 0 Å². The van der Waals surface area contributed by atoms with Gasteiger partial charge in [0.05, 0.1) is 24.8 Å². The van der Waals surface area contributed by atoms with Crippen molar-refractivity contribution < 1.29 is 4.74 Å². The van der Waals surface area contributed by atoms with Crippen LogP contribution in [-0.2, 0) is 11.3 Å². The second-order valence-corrected chi connectivity index (χ2v) is 3.29. The number of fused-ring (bicyclic) bond motifs is 1. The van der Waals surface area contributed by atoms with Crippen LogP contribution in [0.25, 0.3) is 11.3 Å². The Kier molecular flexibility index (Phi) is 2.91. The smallest absolute Gasteiger partial charge is 0.197 e. The van der Waals surface area contributed by atoms with Crippen molar-refractivity contribution in [1.29, 1.82) is 0 Å². The molecule has 2 rings (SSSR count). The standard InChI is InChI=1S/C10H14N4O/c1-3-15-5-4-14-7-12-9-10(14)11-6-8(2)13-9/h6-7H,3-5H2,1-2H3. The van der Waals surface area contributed by atoms with Crippen LogP contribution in [0.3, 0.4) is 0 Å². The second-order valence-electron chi connectivity index (χ2n) is 3.29. The summed E-state index contributed by atoms with van der Waals surface area (Å²) in [7, 11) is 0. The fraction of sp³-hybridized carbons (Fsp3) is 0.500. The first-order valence-electron chi connectivity index (χ1n) is 5.03. The first kappa shape index (κ1) is 10.0. The van der Waals surface area contributed by atoms with Crippen LogP contribution in [0.5, 0.6) is 0 Å². The molecule has 2 aromatic rings. The molecular weight excluding hydrogens is 192 g/mol. The summed E-state index contributed by atoms with van der Waals surface area (Å²) in [4.78, 5) is 12.8. The van der Waals surface area contributed by atoms with Gasteiger partial charge in [0.2, 0.25) is 0 Å². The minimum absolute atomic E-state index is 0.678. The van der Waals surface area contributed by atoms with Crippen molar-refractivity contribution in [3.63, 3.8) is 0 Å². The van der Waals surface area contributed by atoms with Crippen molar-refractivity contribution in [2.75, 3.05) is 13.2 Å². The summed E-state index contributed by atoms with van der Waals surface area (Å²) in [5, 5.41) is 0. The molecule has 0 saturated carbocycles. The number of hydrogen-bond donors (Lipinski definition) is 0. The van der Waals surface area contributed by atoms with E-state index in [0.29, 0.717) is 12.3 Å². The van der Waals surface area contributed by atoms with E-state index in [4.69, 9.17) is 4.74 Å². The summed E-state index contributed by atoms with van der Waals surface area (Å²) in [6.07, 6.45) is 3.50. The average molecular weight is 206 g/mol. The van der Waals surface area contributed by atoms with E-state index in [0.717, 1.165) is 24.5 Å². The summed E-state index contributed by atoms with van der Waals surface area (Å²) in [5.74, 6) is 0. The molecule has 0 amide bonds. The van der Waals surface area contributed by atoms with E-state index in [9.17, 15) is 0 Å². The van der Waals surface area contributed by atoms with E-state index in [1.54, 1.807) is 12.5 Å². The first-order chi connectivity index (χ1) is 7.31. The van der Waals surface area contributed by atoms with Crippen LogP contribution >= 0.6 is 0 Å². The molecule has 0 saturated heterocycles. The van der Waals surface area contributed by atoms with E-state index in [1.165, 1.54) is 0 Å². The van der Waals surface area contributed by atoms with Crippen molar-refractivity contribution in [3.8, 4) is 0 Å². The minimum Gasteiger partial charge on any atom is -0.380 e. The van der Waals surface area contributed by atoms with Gasteiger partial charge in [-0.1, -0.05) is 0 Å². The highest BCUT2D eigenvalue weighted by atomic mass is 16.5. The maximum absolute atomic E-state index is 5.28. The molecular formula is C10H14N4O. The van der Waals surface area contributed by atoms with Gasteiger partial charge < -0.3 is 9.30 Å². The molecule has 0 unspecified atom stereocenters. The quantitative estimate of drug-likeness (QED) is 0.705. The summed E-state index contributed by atoms with van der Waals surface area (Å²) in [6.45, 7) is 6.07. The third-order valence-electron chi connectivity index (χ3n) is 2.13. The molecule has 0 fully saturated rings. The maximum Gasteiger partial charge on any atom is 0.197 e. The molecule has 0 spiro atoms. The molecule has 0 bridgehead atoms. The molecule has 15 heavy (non-hydrogen) atoms. The molecule has 0 aromatic carbocycles. The van der Waals surface area contributed by atoms with Crippen LogP contribution < -0.4 is 0 Å². The molecule has 0 atom stereocenters. The molecule has 0 aliphatic carbocycles. The molecule has 0 aliphatic heterocycles. The van der Waals surface area contributed by atoms with Gasteiger partial charge in [0, 0.05) is 13.2 Å². The first-order valence-corrected chi connectivity index (χ1v) is 5.03. The van der Waals surface area contributed by atoms with Gasteiger partial charge in [0.25, 0.3) is 0 Å².